The monoisotopic (exact) mass is 246 g/mol. The third-order valence-corrected chi connectivity index (χ3v) is 3.51. The van der Waals surface area contributed by atoms with E-state index >= 15 is 0 Å². The van der Waals surface area contributed by atoms with Crippen molar-refractivity contribution in [3.05, 3.63) is 35.9 Å². The predicted octanol–water partition coefficient (Wildman–Crippen LogP) is 1.83. The van der Waals surface area contributed by atoms with Gasteiger partial charge in [-0.1, -0.05) is 30.3 Å². The molecule has 0 spiro atoms. The van der Waals surface area contributed by atoms with Crippen LogP contribution in [0.2, 0.25) is 0 Å². The lowest BCUT2D eigenvalue weighted by atomic mass is 10.0. The second-order valence-corrected chi connectivity index (χ2v) is 5.43. The third-order valence-electron chi connectivity index (χ3n) is 3.51. The van der Waals surface area contributed by atoms with Gasteiger partial charge in [-0.05, 0) is 38.8 Å². The van der Waals surface area contributed by atoms with Crippen LogP contribution in [0, 0.1) is 0 Å². The largest absolute Gasteiger partial charge is 0.341 e. The first-order valence-corrected chi connectivity index (χ1v) is 6.68. The van der Waals surface area contributed by atoms with Crippen molar-refractivity contribution < 1.29 is 4.79 Å². The van der Waals surface area contributed by atoms with Gasteiger partial charge in [0.1, 0.15) is 0 Å². The van der Waals surface area contributed by atoms with Gasteiger partial charge in [-0.3, -0.25) is 4.79 Å². The first-order valence-electron chi connectivity index (χ1n) is 6.68. The van der Waals surface area contributed by atoms with E-state index < -0.39 is 5.54 Å². The van der Waals surface area contributed by atoms with Crippen molar-refractivity contribution in [3.8, 4) is 0 Å². The molecule has 0 radical (unpaired) electrons. The molecular weight excluding hydrogens is 224 g/mol. The van der Waals surface area contributed by atoms with Crippen LogP contribution < -0.4 is 5.32 Å². The van der Waals surface area contributed by atoms with Crippen molar-refractivity contribution in [1.29, 1.82) is 0 Å². The standard InChI is InChI=1S/C15H22N2O/c1-15(2)14(18)17(11-6-10-16-15)12-9-13-7-4-3-5-8-13/h3-5,7-8,16H,6,9-12H2,1-2H3. The Morgan fingerprint density at radius 2 is 2.00 bits per heavy atom. The normalized spacial score (nSPS) is 19.7. The summed E-state index contributed by atoms with van der Waals surface area (Å²) in [6, 6.07) is 10.3. The van der Waals surface area contributed by atoms with E-state index in [-0.39, 0.29) is 5.91 Å². The number of nitrogens with one attached hydrogen (secondary N) is 1. The van der Waals surface area contributed by atoms with Crippen LogP contribution in [0.5, 0.6) is 0 Å². The molecule has 0 aromatic heterocycles. The van der Waals surface area contributed by atoms with Gasteiger partial charge in [0.2, 0.25) is 5.91 Å². The van der Waals surface area contributed by atoms with Crippen molar-refractivity contribution in [2.45, 2.75) is 32.2 Å². The van der Waals surface area contributed by atoms with E-state index in [1.807, 2.05) is 36.9 Å². The van der Waals surface area contributed by atoms with E-state index in [0.717, 1.165) is 32.5 Å². The highest BCUT2D eigenvalue weighted by atomic mass is 16.2. The molecule has 1 amide bonds. The highest BCUT2D eigenvalue weighted by Gasteiger charge is 2.33. The number of amides is 1. The van der Waals surface area contributed by atoms with Gasteiger partial charge in [-0.15, -0.1) is 0 Å². The summed E-state index contributed by atoms with van der Waals surface area (Å²) in [5.74, 6) is 0.218. The Labute approximate surface area is 109 Å². The molecular formula is C15H22N2O. The summed E-state index contributed by atoms with van der Waals surface area (Å²) >= 11 is 0. The smallest absolute Gasteiger partial charge is 0.242 e. The van der Waals surface area contributed by atoms with Crippen LogP contribution in [0.3, 0.4) is 0 Å². The molecule has 0 unspecified atom stereocenters. The molecule has 3 heteroatoms. The van der Waals surface area contributed by atoms with Crippen LogP contribution in [-0.2, 0) is 11.2 Å². The number of carbonyl (C=O) groups is 1. The molecule has 18 heavy (non-hydrogen) atoms. The summed E-state index contributed by atoms with van der Waals surface area (Å²) in [7, 11) is 0. The van der Waals surface area contributed by atoms with Gasteiger partial charge in [0.25, 0.3) is 0 Å². The molecule has 98 valence electrons. The summed E-state index contributed by atoms with van der Waals surface area (Å²) in [4.78, 5) is 14.3. The molecule has 2 rings (SSSR count). The van der Waals surface area contributed by atoms with Gasteiger partial charge in [0, 0.05) is 13.1 Å². The fourth-order valence-electron chi connectivity index (χ4n) is 2.37. The number of hydrogen-bond acceptors (Lipinski definition) is 2. The first-order chi connectivity index (χ1) is 8.59. The Kier molecular flexibility index (Phi) is 4.02. The average Bonchev–Trinajstić information content (AvgIpc) is 2.49. The Morgan fingerprint density at radius 1 is 1.28 bits per heavy atom. The van der Waals surface area contributed by atoms with Crippen molar-refractivity contribution in [1.82, 2.24) is 10.2 Å². The summed E-state index contributed by atoms with van der Waals surface area (Å²) < 4.78 is 0. The molecule has 1 aromatic rings. The zero-order chi connectivity index (χ0) is 13.0. The lowest BCUT2D eigenvalue weighted by Crippen LogP contribution is -2.52. The summed E-state index contributed by atoms with van der Waals surface area (Å²) in [6.07, 6.45) is 1.96. The number of hydrogen-bond donors (Lipinski definition) is 1. The van der Waals surface area contributed by atoms with Gasteiger partial charge in [-0.25, -0.2) is 0 Å². The molecule has 1 heterocycles. The second kappa shape index (κ2) is 5.53. The minimum absolute atomic E-state index is 0.218. The molecule has 1 aliphatic rings. The Balaban J connectivity index is 1.97. The Morgan fingerprint density at radius 3 is 2.72 bits per heavy atom. The Bertz CT molecular complexity index is 400. The number of nitrogens with zero attached hydrogens (tertiary/aromatic N) is 1. The predicted molar refractivity (Wildman–Crippen MR) is 73.4 cm³/mol. The van der Waals surface area contributed by atoms with Gasteiger partial charge in [-0.2, -0.15) is 0 Å². The molecule has 0 aliphatic carbocycles. The molecule has 0 bridgehead atoms. The summed E-state index contributed by atoms with van der Waals surface area (Å²) in [5, 5.41) is 3.31. The van der Waals surface area contributed by atoms with E-state index in [0.29, 0.717) is 0 Å². The lowest BCUT2D eigenvalue weighted by molar-refractivity contribution is -0.136. The van der Waals surface area contributed by atoms with Gasteiger partial charge in [0.05, 0.1) is 5.54 Å². The first kappa shape index (κ1) is 13.1. The average molecular weight is 246 g/mol. The summed E-state index contributed by atoms with van der Waals surface area (Å²) in [5.41, 5.74) is 0.869. The maximum absolute atomic E-state index is 12.4. The topological polar surface area (TPSA) is 32.3 Å². The number of carbonyl (C=O) groups excluding carboxylic acids is 1. The van der Waals surface area contributed by atoms with Crippen molar-refractivity contribution >= 4 is 5.91 Å². The molecule has 1 aromatic carbocycles. The van der Waals surface area contributed by atoms with E-state index in [2.05, 4.69) is 17.4 Å². The minimum atomic E-state index is -0.423. The third kappa shape index (κ3) is 3.10. The van der Waals surface area contributed by atoms with Crippen LogP contribution in [-0.4, -0.2) is 36.0 Å². The minimum Gasteiger partial charge on any atom is -0.341 e. The highest BCUT2D eigenvalue weighted by molar-refractivity contribution is 5.85. The van der Waals surface area contributed by atoms with Crippen LogP contribution in [0.25, 0.3) is 0 Å². The molecule has 3 nitrogen and oxygen atoms in total. The molecule has 0 atom stereocenters. The van der Waals surface area contributed by atoms with Crippen LogP contribution in [0.4, 0.5) is 0 Å². The van der Waals surface area contributed by atoms with E-state index in [1.54, 1.807) is 0 Å². The van der Waals surface area contributed by atoms with Gasteiger partial charge >= 0.3 is 0 Å². The maximum atomic E-state index is 12.4. The second-order valence-electron chi connectivity index (χ2n) is 5.43. The molecule has 1 aliphatic heterocycles. The molecule has 1 saturated heterocycles. The number of benzene rings is 1. The van der Waals surface area contributed by atoms with Crippen molar-refractivity contribution in [3.63, 3.8) is 0 Å². The van der Waals surface area contributed by atoms with E-state index in [9.17, 15) is 4.79 Å². The number of rotatable bonds is 3. The van der Waals surface area contributed by atoms with E-state index in [1.165, 1.54) is 5.56 Å². The van der Waals surface area contributed by atoms with Crippen LogP contribution in [0.1, 0.15) is 25.8 Å². The van der Waals surface area contributed by atoms with Gasteiger partial charge in [0.15, 0.2) is 0 Å². The Hall–Kier alpha value is -1.35. The fraction of sp³-hybridized carbons (Fsp3) is 0.533. The maximum Gasteiger partial charge on any atom is 0.242 e. The molecule has 0 saturated carbocycles. The lowest BCUT2D eigenvalue weighted by Gasteiger charge is -2.29. The molecule has 1 N–H and O–H groups in total. The van der Waals surface area contributed by atoms with Crippen molar-refractivity contribution in [2.24, 2.45) is 0 Å². The summed E-state index contributed by atoms with van der Waals surface area (Å²) in [6.45, 7) is 6.53. The zero-order valence-corrected chi connectivity index (χ0v) is 11.3. The van der Waals surface area contributed by atoms with Crippen LogP contribution >= 0.6 is 0 Å². The van der Waals surface area contributed by atoms with Crippen LogP contribution in [0.15, 0.2) is 30.3 Å². The van der Waals surface area contributed by atoms with Crippen molar-refractivity contribution in [2.75, 3.05) is 19.6 Å². The fourth-order valence-corrected chi connectivity index (χ4v) is 2.37. The molecule has 1 fully saturated rings. The van der Waals surface area contributed by atoms with Gasteiger partial charge < -0.3 is 10.2 Å². The van der Waals surface area contributed by atoms with E-state index in [4.69, 9.17) is 0 Å². The SMILES string of the molecule is CC1(C)NCCCN(CCc2ccccc2)C1=O. The zero-order valence-electron chi connectivity index (χ0n) is 11.3. The quantitative estimate of drug-likeness (QED) is 0.882. The highest BCUT2D eigenvalue weighted by Crippen LogP contribution is 2.13.